The van der Waals surface area contributed by atoms with E-state index in [4.69, 9.17) is 6.57 Å². The number of amides is 2. The molecule has 1 aromatic heterocycles. The Morgan fingerprint density at radius 3 is 2.12 bits per heavy atom. The van der Waals surface area contributed by atoms with Gasteiger partial charge >= 0.3 is 0 Å². The number of fused-ring (bicyclic) bond motifs is 4. The lowest BCUT2D eigenvalue weighted by Crippen LogP contribution is -2.30. The van der Waals surface area contributed by atoms with Gasteiger partial charge in [0.1, 0.15) is 0 Å². The fourth-order valence-electron chi connectivity index (χ4n) is 5.61. The van der Waals surface area contributed by atoms with Crippen molar-refractivity contribution in [2.24, 2.45) is 0 Å². The molecule has 186 valence electrons. The molecule has 0 fully saturated rings. The van der Waals surface area contributed by atoms with E-state index in [1.807, 2.05) is 71.3 Å². The molecule has 2 amide bonds. The Balaban J connectivity index is 1.47. The summed E-state index contributed by atoms with van der Waals surface area (Å²) in [5.74, 6) is -0.784. The average Bonchev–Trinajstić information content (AvgIpc) is 3.47. The average molecular weight is 515 g/mol. The number of nitrogens with zero attached hydrogens (tertiary/aromatic N) is 4. The first-order valence-corrected chi connectivity index (χ1v) is 12.6. The van der Waals surface area contributed by atoms with Crippen LogP contribution in [-0.2, 0) is 0 Å². The maximum absolute atomic E-state index is 14.2. The van der Waals surface area contributed by atoms with Gasteiger partial charge in [0.05, 0.1) is 51.7 Å². The van der Waals surface area contributed by atoms with E-state index in [0.717, 1.165) is 32.9 Å². The highest BCUT2D eigenvalue weighted by Gasteiger charge is 2.40. The number of anilines is 1. The summed E-state index contributed by atoms with van der Waals surface area (Å²) in [4.78, 5) is 32.9. The number of para-hydroxylation sites is 1. The summed E-state index contributed by atoms with van der Waals surface area (Å²) in [7, 11) is 0. The van der Waals surface area contributed by atoms with Crippen molar-refractivity contribution >= 4 is 45.0 Å². The van der Waals surface area contributed by atoms with Crippen molar-refractivity contribution in [1.29, 1.82) is 5.26 Å². The zero-order valence-corrected chi connectivity index (χ0v) is 21.0. The Kier molecular flexibility index (Phi) is 5.10. The van der Waals surface area contributed by atoms with Gasteiger partial charge in [0, 0.05) is 10.9 Å². The van der Waals surface area contributed by atoms with Gasteiger partial charge in [-0.15, -0.1) is 0 Å². The van der Waals surface area contributed by atoms with Crippen LogP contribution in [0.5, 0.6) is 0 Å². The predicted molar refractivity (Wildman–Crippen MR) is 155 cm³/mol. The summed E-state index contributed by atoms with van der Waals surface area (Å²) in [6, 6.07) is 35.3. The highest BCUT2D eigenvalue weighted by molar-refractivity contribution is 6.36. The maximum Gasteiger partial charge on any atom is 0.268 e. The molecule has 0 N–H and O–H groups in total. The lowest BCUT2D eigenvalue weighted by Gasteiger charge is -2.18. The van der Waals surface area contributed by atoms with Gasteiger partial charge in [-0.25, -0.2) is 9.74 Å². The van der Waals surface area contributed by atoms with Gasteiger partial charge in [0.25, 0.3) is 11.8 Å². The van der Waals surface area contributed by atoms with Crippen LogP contribution in [0.1, 0.15) is 26.3 Å². The van der Waals surface area contributed by atoms with Gasteiger partial charge < -0.3 is 4.57 Å². The topological polar surface area (TPSA) is 70.5 Å². The van der Waals surface area contributed by atoms with Gasteiger partial charge in [-0.3, -0.25) is 9.59 Å². The second kappa shape index (κ2) is 8.80. The Bertz CT molecular complexity index is 2060. The first-order valence-electron chi connectivity index (χ1n) is 12.6. The van der Waals surface area contributed by atoms with Gasteiger partial charge in [0.2, 0.25) is 0 Å². The van der Waals surface area contributed by atoms with Gasteiger partial charge in [-0.05, 0) is 59.5 Å². The van der Waals surface area contributed by atoms with Crippen LogP contribution in [0.2, 0.25) is 0 Å². The number of imide groups is 1. The van der Waals surface area contributed by atoms with Gasteiger partial charge in [-0.1, -0.05) is 60.7 Å². The summed E-state index contributed by atoms with van der Waals surface area (Å²) in [5.41, 5.74) is 5.93. The number of rotatable bonds is 3. The van der Waals surface area contributed by atoms with E-state index in [-0.39, 0.29) is 5.91 Å². The molecule has 6 heteroatoms. The highest BCUT2D eigenvalue weighted by Crippen LogP contribution is 2.41. The van der Waals surface area contributed by atoms with Crippen LogP contribution in [0.15, 0.2) is 109 Å². The number of carbonyl (C=O) groups excluding carboxylic acids is 2. The molecule has 0 unspecified atom stereocenters. The molecule has 0 saturated heterocycles. The second-order valence-corrected chi connectivity index (χ2v) is 9.52. The molecule has 7 rings (SSSR count). The molecule has 0 spiro atoms. The minimum Gasteiger partial charge on any atom is -0.309 e. The number of hydrogen-bond acceptors (Lipinski definition) is 3. The molecule has 0 bridgehead atoms. The standard InChI is InChI=1S/C34H18N4O2/c1-36-23-15-17-30-27(19-23)26-18-21(20-35)14-16-29(26)37(30)31-13-7-11-25-32(31)34(40)38(33(25)39)28-12-6-5-10-24(28)22-8-3-2-4-9-22/h2-19H. The molecular weight excluding hydrogens is 496 g/mol. The molecule has 5 aromatic carbocycles. The predicted octanol–water partition coefficient (Wildman–Crippen LogP) is 7.67. The van der Waals surface area contributed by atoms with E-state index < -0.39 is 5.91 Å². The van der Waals surface area contributed by atoms with E-state index in [0.29, 0.717) is 33.8 Å². The molecule has 40 heavy (non-hydrogen) atoms. The van der Waals surface area contributed by atoms with E-state index in [9.17, 15) is 14.9 Å². The fraction of sp³-hybridized carbons (Fsp3) is 0. The minimum absolute atomic E-state index is 0.313. The molecule has 6 nitrogen and oxygen atoms in total. The monoisotopic (exact) mass is 514 g/mol. The molecule has 2 heterocycles. The van der Waals surface area contributed by atoms with Crippen LogP contribution in [0.3, 0.4) is 0 Å². The van der Waals surface area contributed by atoms with Crippen LogP contribution >= 0.6 is 0 Å². The second-order valence-electron chi connectivity index (χ2n) is 9.52. The third-order valence-electron chi connectivity index (χ3n) is 7.37. The zero-order chi connectivity index (χ0) is 27.4. The summed E-state index contributed by atoms with van der Waals surface area (Å²) in [5, 5.41) is 11.1. The van der Waals surface area contributed by atoms with Crippen LogP contribution < -0.4 is 4.90 Å². The lowest BCUT2D eigenvalue weighted by atomic mass is 10.0. The van der Waals surface area contributed by atoms with Crippen LogP contribution in [-0.4, -0.2) is 16.4 Å². The number of carbonyl (C=O) groups is 2. The van der Waals surface area contributed by atoms with Crippen molar-refractivity contribution in [3.63, 3.8) is 0 Å². The highest BCUT2D eigenvalue weighted by atomic mass is 16.2. The zero-order valence-electron chi connectivity index (χ0n) is 21.0. The van der Waals surface area contributed by atoms with E-state index in [1.54, 1.807) is 42.5 Å². The van der Waals surface area contributed by atoms with Crippen LogP contribution in [0.25, 0.3) is 43.5 Å². The molecule has 1 aliphatic heterocycles. The van der Waals surface area contributed by atoms with Crippen molar-refractivity contribution < 1.29 is 9.59 Å². The van der Waals surface area contributed by atoms with Crippen molar-refractivity contribution in [2.45, 2.75) is 0 Å². The Labute approximate surface area is 229 Å². The summed E-state index contributed by atoms with van der Waals surface area (Å²) in [6.45, 7) is 7.49. The van der Waals surface area contributed by atoms with E-state index in [2.05, 4.69) is 10.9 Å². The number of nitriles is 1. The molecule has 0 atom stereocenters. The Morgan fingerprint density at radius 1 is 0.675 bits per heavy atom. The number of aromatic nitrogens is 1. The minimum atomic E-state index is -0.402. The van der Waals surface area contributed by atoms with E-state index in [1.165, 1.54) is 4.90 Å². The Hall–Kier alpha value is -5.98. The van der Waals surface area contributed by atoms with Crippen molar-refractivity contribution in [3.8, 4) is 22.9 Å². The first-order chi connectivity index (χ1) is 19.6. The quantitative estimate of drug-likeness (QED) is 0.180. The number of hydrogen-bond donors (Lipinski definition) is 0. The fourth-order valence-corrected chi connectivity index (χ4v) is 5.61. The molecule has 0 radical (unpaired) electrons. The lowest BCUT2D eigenvalue weighted by molar-refractivity contribution is 0.0926. The summed E-state index contributed by atoms with van der Waals surface area (Å²) >= 11 is 0. The molecule has 1 aliphatic rings. The first kappa shape index (κ1) is 23.2. The maximum atomic E-state index is 14.2. The molecule has 0 saturated carbocycles. The SMILES string of the molecule is [C-]#[N+]c1ccc2c(c1)c1cc(C#N)ccc1n2-c1cccc2c1C(=O)N(c1ccccc1-c1ccccc1)C2=O. The summed E-state index contributed by atoms with van der Waals surface area (Å²) in [6.07, 6.45) is 0. The van der Waals surface area contributed by atoms with Crippen LogP contribution in [0.4, 0.5) is 11.4 Å². The smallest absolute Gasteiger partial charge is 0.268 e. The molecule has 6 aromatic rings. The van der Waals surface area contributed by atoms with Crippen molar-refractivity contribution in [2.75, 3.05) is 4.90 Å². The van der Waals surface area contributed by atoms with Gasteiger partial charge in [0.15, 0.2) is 5.69 Å². The third kappa shape index (κ3) is 3.27. The Morgan fingerprint density at radius 2 is 1.35 bits per heavy atom. The van der Waals surface area contributed by atoms with Crippen LogP contribution in [0, 0.1) is 17.9 Å². The largest absolute Gasteiger partial charge is 0.309 e. The van der Waals surface area contributed by atoms with Crippen molar-refractivity contribution in [3.05, 3.63) is 137 Å². The summed E-state index contributed by atoms with van der Waals surface area (Å²) < 4.78 is 1.94. The number of benzene rings is 5. The van der Waals surface area contributed by atoms with E-state index >= 15 is 0 Å². The van der Waals surface area contributed by atoms with Crippen molar-refractivity contribution in [1.82, 2.24) is 4.57 Å². The van der Waals surface area contributed by atoms with Gasteiger partial charge in [-0.2, -0.15) is 5.26 Å². The normalized spacial score (nSPS) is 12.5. The molecule has 0 aliphatic carbocycles. The third-order valence-corrected chi connectivity index (χ3v) is 7.37. The molecular formula is C34H18N4O2.